The van der Waals surface area contributed by atoms with E-state index in [0.717, 1.165) is 33.7 Å². The molecule has 1 aromatic heterocycles. The van der Waals surface area contributed by atoms with Crippen molar-refractivity contribution in [1.82, 2.24) is 9.78 Å². The molecule has 0 aliphatic heterocycles. The molecule has 0 bridgehead atoms. The SMILES string of the molecule is N#CCCn1cc(/C=N\N=C2c3ccccc3-c3ccccc32)c(-c2ccccc2)n1. The molecular weight excluding hydrogens is 382 g/mol. The van der Waals surface area contributed by atoms with E-state index in [1.165, 1.54) is 11.1 Å². The summed E-state index contributed by atoms with van der Waals surface area (Å²) in [5.41, 5.74) is 8.12. The van der Waals surface area contributed by atoms with Gasteiger partial charge < -0.3 is 0 Å². The Balaban J connectivity index is 1.53. The molecule has 148 valence electrons. The van der Waals surface area contributed by atoms with E-state index < -0.39 is 0 Å². The molecular formula is C26H19N5. The highest BCUT2D eigenvalue weighted by molar-refractivity contribution is 6.24. The second-order valence-electron chi connectivity index (χ2n) is 7.25. The number of rotatable bonds is 5. The lowest BCUT2D eigenvalue weighted by Gasteiger charge is -1.99. The first kappa shape index (κ1) is 18.7. The average Bonchev–Trinajstić information content (AvgIpc) is 3.38. The van der Waals surface area contributed by atoms with Crippen molar-refractivity contribution >= 4 is 11.9 Å². The monoisotopic (exact) mass is 401 g/mol. The van der Waals surface area contributed by atoms with Gasteiger partial charge in [0, 0.05) is 28.5 Å². The first-order chi connectivity index (χ1) is 15.3. The highest BCUT2D eigenvalue weighted by Gasteiger charge is 2.23. The second kappa shape index (κ2) is 8.21. The summed E-state index contributed by atoms with van der Waals surface area (Å²) in [4.78, 5) is 0. The standard InChI is InChI=1S/C26H19N5/c27-15-8-16-31-18-20(25(30-31)19-9-2-1-3-10-19)17-28-29-26-23-13-6-4-11-21(23)22-12-5-7-14-24(22)26/h1-7,9-14,17-18H,8,16H2/b28-17-. The fourth-order valence-corrected chi connectivity index (χ4v) is 3.88. The second-order valence-corrected chi connectivity index (χ2v) is 7.25. The maximum absolute atomic E-state index is 8.91. The van der Waals surface area contributed by atoms with Crippen molar-refractivity contribution in [1.29, 1.82) is 5.26 Å². The lowest BCUT2D eigenvalue weighted by atomic mass is 10.1. The highest BCUT2D eigenvalue weighted by atomic mass is 15.3. The third-order valence-corrected chi connectivity index (χ3v) is 5.30. The van der Waals surface area contributed by atoms with Gasteiger partial charge >= 0.3 is 0 Å². The number of aryl methyl sites for hydroxylation is 1. The van der Waals surface area contributed by atoms with Crippen molar-refractivity contribution in [3.63, 3.8) is 0 Å². The predicted octanol–water partition coefficient (Wildman–Crippen LogP) is 5.32. The molecule has 3 aromatic carbocycles. The summed E-state index contributed by atoms with van der Waals surface area (Å²) < 4.78 is 1.79. The van der Waals surface area contributed by atoms with E-state index in [4.69, 9.17) is 5.26 Å². The van der Waals surface area contributed by atoms with Crippen LogP contribution in [0.4, 0.5) is 0 Å². The fraction of sp³-hybridized carbons (Fsp3) is 0.0769. The van der Waals surface area contributed by atoms with Gasteiger partial charge in [-0.25, -0.2) is 0 Å². The summed E-state index contributed by atoms with van der Waals surface area (Å²) in [5.74, 6) is 0. The number of hydrogen-bond donors (Lipinski definition) is 0. The molecule has 0 spiro atoms. The Morgan fingerprint density at radius 3 is 2.10 bits per heavy atom. The molecule has 5 heteroatoms. The van der Waals surface area contributed by atoms with E-state index in [9.17, 15) is 0 Å². The molecule has 31 heavy (non-hydrogen) atoms. The van der Waals surface area contributed by atoms with Crippen molar-refractivity contribution in [2.24, 2.45) is 10.2 Å². The van der Waals surface area contributed by atoms with Crippen LogP contribution in [0.25, 0.3) is 22.4 Å². The van der Waals surface area contributed by atoms with E-state index in [-0.39, 0.29) is 0 Å². The van der Waals surface area contributed by atoms with Crippen LogP contribution in [0, 0.1) is 11.3 Å². The van der Waals surface area contributed by atoms with E-state index >= 15 is 0 Å². The average molecular weight is 401 g/mol. The van der Waals surface area contributed by atoms with E-state index in [2.05, 4.69) is 45.6 Å². The van der Waals surface area contributed by atoms with Gasteiger partial charge in [-0.3, -0.25) is 4.68 Å². The normalized spacial score (nSPS) is 11.9. The van der Waals surface area contributed by atoms with Gasteiger partial charge in [0.2, 0.25) is 0 Å². The first-order valence-electron chi connectivity index (χ1n) is 10.1. The summed E-state index contributed by atoms with van der Waals surface area (Å²) in [6.45, 7) is 0.541. The quantitative estimate of drug-likeness (QED) is 0.296. The number of aromatic nitrogens is 2. The van der Waals surface area contributed by atoms with Gasteiger partial charge in [-0.1, -0.05) is 78.9 Å². The van der Waals surface area contributed by atoms with Gasteiger partial charge in [0.1, 0.15) is 11.4 Å². The van der Waals surface area contributed by atoms with E-state index in [0.29, 0.717) is 13.0 Å². The molecule has 0 unspecified atom stereocenters. The summed E-state index contributed by atoms with van der Waals surface area (Å²) in [5, 5.41) is 22.6. The van der Waals surface area contributed by atoms with Crippen molar-refractivity contribution in [2.75, 3.05) is 0 Å². The number of nitriles is 1. The third kappa shape index (κ3) is 3.56. The molecule has 1 heterocycles. The van der Waals surface area contributed by atoms with Crippen molar-refractivity contribution in [3.8, 4) is 28.5 Å². The Bertz CT molecular complexity index is 1290. The first-order valence-corrected chi connectivity index (χ1v) is 10.1. The van der Waals surface area contributed by atoms with Crippen LogP contribution in [0.15, 0.2) is 95.3 Å². The molecule has 1 aliphatic carbocycles. The summed E-state index contributed by atoms with van der Waals surface area (Å²) in [7, 11) is 0. The largest absolute Gasteiger partial charge is 0.270 e. The van der Waals surface area contributed by atoms with Crippen LogP contribution >= 0.6 is 0 Å². The zero-order valence-corrected chi connectivity index (χ0v) is 16.8. The Hall–Kier alpha value is -4.30. The minimum Gasteiger partial charge on any atom is -0.270 e. The van der Waals surface area contributed by atoms with Gasteiger partial charge in [0.05, 0.1) is 25.2 Å². The van der Waals surface area contributed by atoms with Gasteiger partial charge in [-0.05, 0) is 11.1 Å². The van der Waals surface area contributed by atoms with E-state index in [1.807, 2.05) is 60.8 Å². The van der Waals surface area contributed by atoms with Crippen LogP contribution in [0.2, 0.25) is 0 Å². The minimum absolute atomic E-state index is 0.405. The molecule has 0 N–H and O–H groups in total. The number of hydrogen-bond acceptors (Lipinski definition) is 4. The predicted molar refractivity (Wildman–Crippen MR) is 123 cm³/mol. The zero-order chi connectivity index (χ0) is 21.0. The van der Waals surface area contributed by atoms with Gasteiger partial charge in [-0.2, -0.15) is 15.5 Å². The molecule has 0 radical (unpaired) electrons. The molecule has 1 aliphatic rings. The van der Waals surface area contributed by atoms with E-state index in [1.54, 1.807) is 10.9 Å². The highest BCUT2D eigenvalue weighted by Crippen LogP contribution is 2.36. The molecule has 4 aromatic rings. The van der Waals surface area contributed by atoms with Crippen LogP contribution in [0.5, 0.6) is 0 Å². The summed E-state index contributed by atoms with van der Waals surface area (Å²) in [6.07, 6.45) is 4.07. The van der Waals surface area contributed by atoms with Crippen molar-refractivity contribution < 1.29 is 0 Å². The number of nitrogens with zero attached hydrogens (tertiary/aromatic N) is 5. The van der Waals surface area contributed by atoms with Gasteiger partial charge in [0.25, 0.3) is 0 Å². The van der Waals surface area contributed by atoms with Crippen LogP contribution in [-0.2, 0) is 6.54 Å². The van der Waals surface area contributed by atoms with Crippen LogP contribution in [0.1, 0.15) is 23.1 Å². The molecule has 5 nitrogen and oxygen atoms in total. The Labute approximate surface area is 180 Å². The third-order valence-electron chi connectivity index (χ3n) is 5.30. The molecule has 0 saturated carbocycles. The molecule has 0 atom stereocenters. The lowest BCUT2D eigenvalue weighted by Crippen LogP contribution is -1.97. The fourth-order valence-electron chi connectivity index (χ4n) is 3.88. The van der Waals surface area contributed by atoms with Gasteiger partial charge in [-0.15, -0.1) is 5.10 Å². The Morgan fingerprint density at radius 1 is 0.839 bits per heavy atom. The van der Waals surface area contributed by atoms with Crippen molar-refractivity contribution in [3.05, 3.63) is 102 Å². The maximum Gasteiger partial charge on any atom is 0.101 e. The van der Waals surface area contributed by atoms with Crippen LogP contribution in [-0.4, -0.2) is 21.7 Å². The van der Waals surface area contributed by atoms with Gasteiger partial charge in [0.15, 0.2) is 0 Å². The minimum atomic E-state index is 0.405. The Kier molecular flexibility index (Phi) is 4.96. The number of benzene rings is 3. The van der Waals surface area contributed by atoms with Crippen LogP contribution < -0.4 is 0 Å². The smallest absolute Gasteiger partial charge is 0.101 e. The number of fused-ring (bicyclic) bond motifs is 3. The summed E-state index contributed by atoms with van der Waals surface area (Å²) in [6, 6.07) is 28.7. The van der Waals surface area contributed by atoms with Crippen LogP contribution in [0.3, 0.4) is 0 Å². The summed E-state index contributed by atoms with van der Waals surface area (Å²) >= 11 is 0. The molecule has 0 amide bonds. The molecule has 0 fully saturated rings. The lowest BCUT2D eigenvalue weighted by molar-refractivity contribution is 0.629. The van der Waals surface area contributed by atoms with Crippen molar-refractivity contribution in [2.45, 2.75) is 13.0 Å². The Morgan fingerprint density at radius 2 is 1.45 bits per heavy atom. The topological polar surface area (TPSA) is 66.3 Å². The molecule has 5 rings (SSSR count). The zero-order valence-electron chi connectivity index (χ0n) is 16.8. The maximum atomic E-state index is 8.91. The molecule has 0 saturated heterocycles.